The average molecular weight is 266 g/mol. The van der Waals surface area contributed by atoms with Crippen LogP contribution in [0.1, 0.15) is 31.1 Å². The molecule has 0 heterocycles. The van der Waals surface area contributed by atoms with Gasteiger partial charge in [0.05, 0.1) is 0 Å². The number of hydrogen-bond donors (Lipinski definition) is 1. The molecule has 0 aromatic heterocycles. The van der Waals surface area contributed by atoms with Crippen molar-refractivity contribution in [2.75, 3.05) is 13.1 Å². The first-order chi connectivity index (χ1) is 8.99. The summed E-state index contributed by atoms with van der Waals surface area (Å²) in [6.45, 7) is 6.62. The highest BCUT2D eigenvalue weighted by Crippen LogP contribution is 2.03. The second-order valence-electron chi connectivity index (χ2n) is 4.21. The van der Waals surface area contributed by atoms with Gasteiger partial charge in [-0.1, -0.05) is 0 Å². The van der Waals surface area contributed by atoms with Crippen molar-refractivity contribution in [2.45, 2.75) is 26.8 Å². The highest BCUT2D eigenvalue weighted by Gasteiger charge is 2.20. The van der Waals surface area contributed by atoms with Crippen LogP contribution in [0.2, 0.25) is 0 Å². The Hall–Kier alpha value is -1.91. The molecule has 0 radical (unpaired) electrons. The van der Waals surface area contributed by atoms with Crippen molar-refractivity contribution < 1.29 is 14.0 Å². The van der Waals surface area contributed by atoms with Crippen LogP contribution in [0, 0.1) is 5.82 Å². The number of nitrogens with one attached hydrogen (secondary N) is 1. The van der Waals surface area contributed by atoms with Crippen LogP contribution < -0.4 is 5.32 Å². The van der Waals surface area contributed by atoms with Crippen LogP contribution >= 0.6 is 0 Å². The van der Waals surface area contributed by atoms with E-state index in [1.165, 1.54) is 24.3 Å². The Morgan fingerprint density at radius 3 is 2.21 bits per heavy atom. The molecule has 1 aromatic carbocycles. The van der Waals surface area contributed by atoms with Gasteiger partial charge in [-0.15, -0.1) is 0 Å². The van der Waals surface area contributed by atoms with E-state index in [1.54, 1.807) is 11.8 Å². The van der Waals surface area contributed by atoms with Gasteiger partial charge in [0.2, 0.25) is 5.91 Å². The second-order valence-corrected chi connectivity index (χ2v) is 4.21. The third-order valence-corrected chi connectivity index (χ3v) is 2.90. The van der Waals surface area contributed by atoms with Gasteiger partial charge in [-0.3, -0.25) is 9.59 Å². The van der Waals surface area contributed by atoms with Crippen LogP contribution in [-0.4, -0.2) is 35.8 Å². The third kappa shape index (κ3) is 4.05. The Morgan fingerprint density at radius 2 is 1.74 bits per heavy atom. The number of carbonyl (C=O) groups excluding carboxylic acids is 2. The lowest BCUT2D eigenvalue weighted by atomic mass is 10.2. The zero-order valence-corrected chi connectivity index (χ0v) is 11.4. The molecule has 1 atom stereocenters. The molecule has 1 N–H and O–H groups in total. The normalized spacial score (nSPS) is 11.8. The van der Waals surface area contributed by atoms with Crippen LogP contribution in [0.4, 0.5) is 4.39 Å². The van der Waals surface area contributed by atoms with Gasteiger partial charge >= 0.3 is 0 Å². The van der Waals surface area contributed by atoms with E-state index < -0.39 is 11.9 Å². The molecule has 1 aromatic rings. The van der Waals surface area contributed by atoms with E-state index in [0.717, 1.165) is 0 Å². The lowest BCUT2D eigenvalue weighted by Gasteiger charge is -2.23. The molecule has 0 fully saturated rings. The maximum absolute atomic E-state index is 12.7. The molecule has 19 heavy (non-hydrogen) atoms. The fraction of sp³-hybridized carbons (Fsp3) is 0.429. The molecule has 5 heteroatoms. The molecule has 104 valence electrons. The van der Waals surface area contributed by atoms with Crippen LogP contribution in [-0.2, 0) is 4.79 Å². The molecule has 0 saturated heterocycles. The SMILES string of the molecule is CCN(CC)C(=O)C(C)NC(=O)c1ccc(F)cc1. The van der Waals surface area contributed by atoms with Crippen molar-refractivity contribution in [3.63, 3.8) is 0 Å². The molecular formula is C14H19FN2O2. The molecule has 2 amide bonds. The van der Waals surface area contributed by atoms with Gasteiger partial charge in [-0.25, -0.2) is 4.39 Å². The summed E-state index contributed by atoms with van der Waals surface area (Å²) in [4.78, 5) is 25.5. The van der Waals surface area contributed by atoms with E-state index in [2.05, 4.69) is 5.32 Å². The smallest absolute Gasteiger partial charge is 0.251 e. The van der Waals surface area contributed by atoms with Gasteiger partial charge in [0.1, 0.15) is 11.9 Å². The topological polar surface area (TPSA) is 49.4 Å². The Labute approximate surface area is 112 Å². The molecule has 0 saturated carbocycles. The number of amides is 2. The summed E-state index contributed by atoms with van der Waals surface area (Å²) in [5.41, 5.74) is 0.334. The van der Waals surface area contributed by atoms with Gasteiger partial charge in [0, 0.05) is 18.7 Å². The predicted octanol–water partition coefficient (Wildman–Crippen LogP) is 1.81. The molecule has 0 bridgehead atoms. The minimum absolute atomic E-state index is 0.125. The first-order valence-electron chi connectivity index (χ1n) is 6.34. The van der Waals surface area contributed by atoms with Gasteiger partial charge in [0.25, 0.3) is 5.91 Å². The van der Waals surface area contributed by atoms with E-state index in [9.17, 15) is 14.0 Å². The molecule has 1 unspecified atom stereocenters. The number of carbonyl (C=O) groups is 2. The number of nitrogens with zero attached hydrogens (tertiary/aromatic N) is 1. The molecule has 0 aliphatic heterocycles. The van der Waals surface area contributed by atoms with Crippen molar-refractivity contribution >= 4 is 11.8 Å². The van der Waals surface area contributed by atoms with E-state index in [1.807, 2.05) is 13.8 Å². The van der Waals surface area contributed by atoms with E-state index in [-0.39, 0.29) is 11.8 Å². The average Bonchev–Trinajstić information content (AvgIpc) is 2.40. The Balaban J connectivity index is 2.66. The van der Waals surface area contributed by atoms with Gasteiger partial charge < -0.3 is 10.2 Å². The number of halogens is 1. The maximum Gasteiger partial charge on any atom is 0.251 e. The largest absolute Gasteiger partial charge is 0.341 e. The van der Waals surface area contributed by atoms with Crippen molar-refractivity contribution in [1.29, 1.82) is 0 Å². The van der Waals surface area contributed by atoms with E-state index in [0.29, 0.717) is 18.7 Å². The van der Waals surface area contributed by atoms with Gasteiger partial charge in [-0.05, 0) is 45.0 Å². The Kier molecular flexibility index (Phi) is 5.48. The molecule has 0 spiro atoms. The highest BCUT2D eigenvalue weighted by atomic mass is 19.1. The van der Waals surface area contributed by atoms with Crippen LogP contribution in [0.15, 0.2) is 24.3 Å². The lowest BCUT2D eigenvalue weighted by molar-refractivity contribution is -0.132. The van der Waals surface area contributed by atoms with Crippen LogP contribution in [0.25, 0.3) is 0 Å². The maximum atomic E-state index is 12.7. The monoisotopic (exact) mass is 266 g/mol. The fourth-order valence-electron chi connectivity index (χ4n) is 1.75. The first-order valence-corrected chi connectivity index (χ1v) is 6.34. The third-order valence-electron chi connectivity index (χ3n) is 2.90. The molecule has 0 aliphatic rings. The quantitative estimate of drug-likeness (QED) is 0.883. The summed E-state index contributed by atoms with van der Waals surface area (Å²) < 4.78 is 12.7. The second kappa shape index (κ2) is 6.87. The minimum atomic E-state index is -0.600. The van der Waals surface area contributed by atoms with Crippen molar-refractivity contribution in [1.82, 2.24) is 10.2 Å². The minimum Gasteiger partial charge on any atom is -0.341 e. The number of likely N-dealkylation sites (N-methyl/N-ethyl adjacent to an activating group) is 1. The number of benzene rings is 1. The molecule has 4 nitrogen and oxygen atoms in total. The number of rotatable bonds is 5. The summed E-state index contributed by atoms with van der Waals surface area (Å²) in [6.07, 6.45) is 0. The summed E-state index contributed by atoms with van der Waals surface area (Å²) in [7, 11) is 0. The zero-order valence-electron chi connectivity index (χ0n) is 11.4. The van der Waals surface area contributed by atoms with Gasteiger partial charge in [-0.2, -0.15) is 0 Å². The first kappa shape index (κ1) is 15.1. The van der Waals surface area contributed by atoms with E-state index in [4.69, 9.17) is 0 Å². The summed E-state index contributed by atoms with van der Waals surface area (Å²) in [5.74, 6) is -0.905. The Bertz CT molecular complexity index is 441. The summed E-state index contributed by atoms with van der Waals surface area (Å²) in [6, 6.07) is 4.60. The Morgan fingerprint density at radius 1 is 1.21 bits per heavy atom. The standard InChI is InChI=1S/C14H19FN2O2/c1-4-17(5-2)14(19)10(3)16-13(18)11-6-8-12(15)9-7-11/h6-10H,4-5H2,1-3H3,(H,16,18). The zero-order chi connectivity index (χ0) is 14.4. The number of hydrogen-bond acceptors (Lipinski definition) is 2. The summed E-state index contributed by atoms with van der Waals surface area (Å²) in [5, 5.41) is 2.61. The highest BCUT2D eigenvalue weighted by molar-refractivity contribution is 5.97. The molecule has 1 rings (SSSR count). The fourth-order valence-corrected chi connectivity index (χ4v) is 1.75. The summed E-state index contributed by atoms with van der Waals surface area (Å²) >= 11 is 0. The van der Waals surface area contributed by atoms with Gasteiger partial charge in [0.15, 0.2) is 0 Å². The van der Waals surface area contributed by atoms with Crippen LogP contribution in [0.5, 0.6) is 0 Å². The van der Waals surface area contributed by atoms with Crippen molar-refractivity contribution in [3.8, 4) is 0 Å². The molecular weight excluding hydrogens is 247 g/mol. The van der Waals surface area contributed by atoms with Crippen molar-refractivity contribution in [3.05, 3.63) is 35.6 Å². The van der Waals surface area contributed by atoms with E-state index >= 15 is 0 Å². The van der Waals surface area contributed by atoms with Crippen molar-refractivity contribution in [2.24, 2.45) is 0 Å². The van der Waals surface area contributed by atoms with Crippen LogP contribution in [0.3, 0.4) is 0 Å². The predicted molar refractivity (Wildman–Crippen MR) is 71.3 cm³/mol. The lowest BCUT2D eigenvalue weighted by Crippen LogP contribution is -2.46. The molecule has 0 aliphatic carbocycles.